The average Bonchev–Trinajstić information content (AvgIpc) is 3.36. The smallest absolute Gasteiger partial charge is 0.224 e. The van der Waals surface area contributed by atoms with Gasteiger partial charge in [0.25, 0.3) is 0 Å². The first kappa shape index (κ1) is 15.7. The van der Waals surface area contributed by atoms with Crippen LogP contribution in [0.15, 0.2) is 54.6 Å². The third-order valence-corrected chi connectivity index (χ3v) is 4.37. The largest absolute Gasteiger partial charge is 0.396 e. The highest BCUT2D eigenvalue weighted by Gasteiger charge is 2.45. The number of halogens is 1. The van der Waals surface area contributed by atoms with Crippen LogP contribution in [0.2, 0.25) is 0 Å². The second-order valence-electron chi connectivity index (χ2n) is 5.95. The maximum atomic E-state index is 13.8. The summed E-state index contributed by atoms with van der Waals surface area (Å²) in [6, 6.07) is 16.0. The Morgan fingerprint density at radius 1 is 1.17 bits per heavy atom. The van der Waals surface area contributed by atoms with E-state index in [4.69, 9.17) is 0 Å². The molecule has 120 valence electrons. The van der Waals surface area contributed by atoms with Crippen LogP contribution in [0, 0.1) is 11.7 Å². The molecule has 0 saturated heterocycles. The van der Waals surface area contributed by atoms with E-state index in [0.29, 0.717) is 18.4 Å². The molecule has 0 aromatic heterocycles. The second kappa shape index (κ2) is 6.92. The minimum atomic E-state index is -0.247. The molecule has 2 N–H and O–H groups in total. The molecule has 0 aliphatic heterocycles. The maximum absolute atomic E-state index is 13.8. The molecule has 1 saturated carbocycles. The van der Waals surface area contributed by atoms with E-state index in [-0.39, 0.29) is 36.2 Å². The molecule has 4 heteroatoms. The lowest BCUT2D eigenvalue weighted by molar-refractivity contribution is -0.123. The van der Waals surface area contributed by atoms with Crippen LogP contribution in [0.1, 0.15) is 35.9 Å². The van der Waals surface area contributed by atoms with Gasteiger partial charge in [0.05, 0.1) is 6.04 Å². The molecular formula is C19H20FNO2. The van der Waals surface area contributed by atoms with Crippen LogP contribution in [0.3, 0.4) is 0 Å². The van der Waals surface area contributed by atoms with E-state index in [2.05, 4.69) is 5.32 Å². The number of hydrogen-bond acceptors (Lipinski definition) is 2. The molecule has 3 atom stereocenters. The van der Waals surface area contributed by atoms with Gasteiger partial charge in [0.2, 0.25) is 5.91 Å². The minimum Gasteiger partial charge on any atom is -0.396 e. The van der Waals surface area contributed by atoms with Crippen molar-refractivity contribution in [1.82, 2.24) is 5.32 Å². The first-order valence-corrected chi connectivity index (χ1v) is 7.91. The Morgan fingerprint density at radius 3 is 2.57 bits per heavy atom. The maximum Gasteiger partial charge on any atom is 0.224 e. The van der Waals surface area contributed by atoms with Gasteiger partial charge in [-0.2, -0.15) is 0 Å². The van der Waals surface area contributed by atoms with Crippen molar-refractivity contribution in [2.24, 2.45) is 5.92 Å². The zero-order valence-corrected chi connectivity index (χ0v) is 12.8. The predicted molar refractivity (Wildman–Crippen MR) is 86.3 cm³/mol. The number of benzene rings is 2. The second-order valence-corrected chi connectivity index (χ2v) is 5.95. The summed E-state index contributed by atoms with van der Waals surface area (Å²) in [4.78, 5) is 12.4. The normalized spacial score (nSPS) is 20.8. The highest BCUT2D eigenvalue weighted by atomic mass is 19.1. The first-order valence-electron chi connectivity index (χ1n) is 7.91. The van der Waals surface area contributed by atoms with E-state index < -0.39 is 0 Å². The van der Waals surface area contributed by atoms with Crippen LogP contribution >= 0.6 is 0 Å². The van der Waals surface area contributed by atoms with Gasteiger partial charge in [-0.25, -0.2) is 4.39 Å². The topological polar surface area (TPSA) is 49.3 Å². The van der Waals surface area contributed by atoms with Gasteiger partial charge < -0.3 is 10.4 Å². The molecule has 1 aliphatic rings. The predicted octanol–water partition coefficient (Wildman–Crippen LogP) is 3.17. The highest BCUT2D eigenvalue weighted by Crippen LogP contribution is 2.48. The van der Waals surface area contributed by atoms with Gasteiger partial charge in [-0.3, -0.25) is 4.79 Å². The minimum absolute atomic E-state index is 0.00124. The van der Waals surface area contributed by atoms with Gasteiger partial charge in [-0.1, -0.05) is 48.5 Å². The van der Waals surface area contributed by atoms with Crippen molar-refractivity contribution < 1.29 is 14.3 Å². The van der Waals surface area contributed by atoms with E-state index in [1.54, 1.807) is 18.2 Å². The van der Waals surface area contributed by atoms with Crippen molar-refractivity contribution >= 4 is 5.91 Å². The van der Waals surface area contributed by atoms with Crippen LogP contribution in [0.25, 0.3) is 0 Å². The van der Waals surface area contributed by atoms with Crippen molar-refractivity contribution in [3.63, 3.8) is 0 Å². The van der Waals surface area contributed by atoms with Crippen LogP contribution in [-0.2, 0) is 4.79 Å². The van der Waals surface area contributed by atoms with Crippen molar-refractivity contribution in [2.75, 3.05) is 6.61 Å². The molecule has 3 nitrogen and oxygen atoms in total. The van der Waals surface area contributed by atoms with Crippen LogP contribution in [0.4, 0.5) is 4.39 Å². The van der Waals surface area contributed by atoms with Gasteiger partial charge in [0, 0.05) is 12.5 Å². The summed E-state index contributed by atoms with van der Waals surface area (Å²) < 4.78 is 13.8. The Balaban J connectivity index is 1.66. The van der Waals surface area contributed by atoms with E-state index in [0.717, 1.165) is 5.56 Å². The zero-order chi connectivity index (χ0) is 16.2. The van der Waals surface area contributed by atoms with Gasteiger partial charge in [-0.05, 0) is 36.0 Å². The Kier molecular flexibility index (Phi) is 4.72. The standard InChI is InChI=1S/C19H20FNO2/c20-17-9-5-4-8-14(17)15-12-16(15)19(23)21-18(10-11-22)13-6-2-1-3-7-13/h1-9,15-16,18,22H,10-12H2,(H,21,23). The SMILES string of the molecule is O=C(NC(CCO)c1ccccc1)C1CC1c1ccccc1F. The molecule has 2 aromatic carbocycles. The summed E-state index contributed by atoms with van der Waals surface area (Å²) in [6.07, 6.45) is 1.14. The Bertz CT molecular complexity index is 674. The van der Waals surface area contributed by atoms with Crippen molar-refractivity contribution in [1.29, 1.82) is 0 Å². The summed E-state index contributed by atoms with van der Waals surface area (Å²) >= 11 is 0. The molecule has 0 radical (unpaired) electrons. The van der Waals surface area contributed by atoms with Gasteiger partial charge in [0.15, 0.2) is 0 Å². The molecule has 3 rings (SSSR count). The Labute approximate surface area is 135 Å². The van der Waals surface area contributed by atoms with E-state index >= 15 is 0 Å². The van der Waals surface area contributed by atoms with E-state index in [1.807, 2.05) is 30.3 Å². The monoisotopic (exact) mass is 313 g/mol. The van der Waals surface area contributed by atoms with Gasteiger partial charge in [-0.15, -0.1) is 0 Å². The number of nitrogens with one attached hydrogen (secondary N) is 1. The van der Waals surface area contributed by atoms with Crippen molar-refractivity contribution in [3.05, 3.63) is 71.5 Å². The number of hydrogen-bond donors (Lipinski definition) is 2. The van der Waals surface area contributed by atoms with Crippen molar-refractivity contribution in [3.8, 4) is 0 Å². The molecule has 2 aromatic rings. The van der Waals surface area contributed by atoms with E-state index in [9.17, 15) is 14.3 Å². The van der Waals surface area contributed by atoms with Crippen LogP contribution in [-0.4, -0.2) is 17.6 Å². The number of aliphatic hydroxyl groups excluding tert-OH is 1. The van der Waals surface area contributed by atoms with Gasteiger partial charge >= 0.3 is 0 Å². The van der Waals surface area contributed by atoms with Crippen LogP contribution in [0.5, 0.6) is 0 Å². The molecule has 0 spiro atoms. The molecule has 23 heavy (non-hydrogen) atoms. The zero-order valence-electron chi connectivity index (χ0n) is 12.8. The molecule has 1 aliphatic carbocycles. The fourth-order valence-corrected chi connectivity index (χ4v) is 3.02. The van der Waals surface area contributed by atoms with Gasteiger partial charge in [0.1, 0.15) is 5.82 Å². The number of rotatable bonds is 6. The Morgan fingerprint density at radius 2 is 1.87 bits per heavy atom. The summed E-state index contributed by atoms with van der Waals surface area (Å²) in [5.74, 6) is -0.540. The lowest BCUT2D eigenvalue weighted by Crippen LogP contribution is -2.30. The molecule has 3 unspecified atom stereocenters. The number of amides is 1. The third kappa shape index (κ3) is 3.59. The molecule has 0 bridgehead atoms. The lowest BCUT2D eigenvalue weighted by atomic mass is 10.0. The third-order valence-electron chi connectivity index (χ3n) is 4.37. The van der Waals surface area contributed by atoms with Crippen LogP contribution < -0.4 is 5.32 Å². The lowest BCUT2D eigenvalue weighted by Gasteiger charge is -2.18. The quantitative estimate of drug-likeness (QED) is 0.860. The summed E-state index contributed by atoms with van der Waals surface area (Å²) in [5.41, 5.74) is 1.59. The average molecular weight is 313 g/mol. The highest BCUT2D eigenvalue weighted by molar-refractivity contribution is 5.83. The van der Waals surface area contributed by atoms with Crippen molar-refractivity contribution in [2.45, 2.75) is 24.8 Å². The first-order chi connectivity index (χ1) is 11.2. The fourth-order valence-electron chi connectivity index (χ4n) is 3.02. The molecule has 1 fully saturated rings. The Hall–Kier alpha value is -2.20. The number of aliphatic hydroxyl groups is 1. The number of carbonyl (C=O) groups is 1. The molecular weight excluding hydrogens is 293 g/mol. The summed E-state index contributed by atoms with van der Waals surface area (Å²) in [7, 11) is 0. The number of carbonyl (C=O) groups excluding carboxylic acids is 1. The molecule has 0 heterocycles. The fraction of sp³-hybridized carbons (Fsp3) is 0.316. The molecule has 1 amide bonds. The summed E-state index contributed by atoms with van der Waals surface area (Å²) in [6.45, 7) is 0.00124. The summed E-state index contributed by atoms with van der Waals surface area (Å²) in [5, 5.41) is 12.2. The van der Waals surface area contributed by atoms with E-state index in [1.165, 1.54) is 6.07 Å².